The van der Waals surface area contributed by atoms with Gasteiger partial charge in [0.1, 0.15) is 11.7 Å². The molecule has 188 valence electrons. The van der Waals surface area contributed by atoms with E-state index in [1.165, 1.54) is 4.90 Å². The summed E-state index contributed by atoms with van der Waals surface area (Å²) in [5.74, 6) is 0.329. The van der Waals surface area contributed by atoms with Gasteiger partial charge in [0.25, 0.3) is 0 Å². The molecule has 1 aromatic heterocycles. The smallest absolute Gasteiger partial charge is 0.414 e. The molecule has 0 saturated heterocycles. The predicted octanol–water partition coefficient (Wildman–Crippen LogP) is 4.94. The zero-order valence-electron chi connectivity index (χ0n) is 21.5. The fourth-order valence-electron chi connectivity index (χ4n) is 4.27. The fraction of sp³-hybridized carbons (Fsp3) is 0.321. The van der Waals surface area contributed by atoms with Crippen LogP contribution >= 0.6 is 0 Å². The summed E-state index contributed by atoms with van der Waals surface area (Å²) in [7, 11) is 0. The first kappa shape index (κ1) is 25.6. The number of benzene rings is 2. The van der Waals surface area contributed by atoms with Crippen LogP contribution in [0, 0.1) is 29.6 Å². The van der Waals surface area contributed by atoms with Crippen LogP contribution in [0.1, 0.15) is 49.9 Å². The number of aryl methyl sites for hydroxylation is 1. The van der Waals surface area contributed by atoms with Crippen LogP contribution in [-0.2, 0) is 10.2 Å². The lowest BCUT2D eigenvalue weighted by Crippen LogP contribution is -2.40. The minimum atomic E-state index is -0.795. The van der Waals surface area contributed by atoms with Gasteiger partial charge in [0, 0.05) is 29.4 Å². The number of fused-ring (bicyclic) bond motifs is 1. The van der Waals surface area contributed by atoms with Gasteiger partial charge in [-0.1, -0.05) is 13.0 Å². The third-order valence-corrected chi connectivity index (χ3v) is 6.18. The maximum atomic E-state index is 13.0. The topological polar surface area (TPSA) is 135 Å². The number of hydrogen-bond acceptors (Lipinski definition) is 8. The van der Waals surface area contributed by atoms with Crippen molar-refractivity contribution in [3.63, 3.8) is 0 Å². The average Bonchev–Trinajstić information content (AvgIpc) is 3.17. The summed E-state index contributed by atoms with van der Waals surface area (Å²) in [6, 6.07) is 14.9. The molecule has 37 heavy (non-hydrogen) atoms. The maximum absolute atomic E-state index is 13.0. The van der Waals surface area contributed by atoms with Gasteiger partial charge in [-0.3, -0.25) is 4.90 Å². The maximum Gasteiger partial charge on any atom is 0.414 e. The quantitative estimate of drug-likeness (QED) is 0.518. The summed E-state index contributed by atoms with van der Waals surface area (Å²) in [4.78, 5) is 23.4. The van der Waals surface area contributed by atoms with E-state index in [1.54, 1.807) is 51.2 Å². The largest absolute Gasteiger partial charge is 0.443 e. The molecule has 1 aliphatic heterocycles. The molecule has 1 amide bonds. The molecule has 2 heterocycles. The summed E-state index contributed by atoms with van der Waals surface area (Å²) >= 11 is 0. The lowest BCUT2D eigenvalue weighted by atomic mass is 9.83. The Labute approximate surface area is 216 Å². The van der Waals surface area contributed by atoms with Gasteiger partial charge in [0.05, 0.1) is 35.2 Å². The number of nitrogens with one attached hydrogen (secondary N) is 1. The molecule has 0 fully saturated rings. The Bertz CT molecular complexity index is 1460. The molecule has 3 aromatic rings. The Kier molecular flexibility index (Phi) is 6.60. The third-order valence-electron chi connectivity index (χ3n) is 6.18. The van der Waals surface area contributed by atoms with Crippen LogP contribution < -0.4 is 10.2 Å². The second-order valence-electron chi connectivity index (χ2n) is 10.3. The predicted molar refractivity (Wildman–Crippen MR) is 139 cm³/mol. The van der Waals surface area contributed by atoms with Crippen LogP contribution in [0.3, 0.4) is 0 Å². The van der Waals surface area contributed by atoms with Crippen molar-refractivity contribution < 1.29 is 14.6 Å². The zero-order chi connectivity index (χ0) is 27.0. The summed E-state index contributed by atoms with van der Waals surface area (Å²) in [5, 5.41) is 32.7. The lowest BCUT2D eigenvalue weighted by Gasteiger charge is -2.26. The fourth-order valence-corrected chi connectivity index (χ4v) is 4.27. The number of carbonyl (C=O) groups excluding carboxylic acids is 1. The second-order valence-corrected chi connectivity index (χ2v) is 10.3. The number of aliphatic hydroxyl groups is 1. The van der Waals surface area contributed by atoms with Crippen molar-refractivity contribution in [2.45, 2.75) is 45.6 Å². The lowest BCUT2D eigenvalue weighted by molar-refractivity contribution is 0.0575. The highest BCUT2D eigenvalue weighted by molar-refractivity contribution is 5.95. The minimum Gasteiger partial charge on any atom is -0.443 e. The molecule has 1 atom stereocenters. The van der Waals surface area contributed by atoms with Gasteiger partial charge in [-0.2, -0.15) is 10.5 Å². The number of aliphatic hydroxyl groups excluding tert-OH is 1. The number of carbonyl (C=O) groups is 1. The number of nitriles is 2. The van der Waals surface area contributed by atoms with Crippen molar-refractivity contribution in [1.29, 1.82) is 10.5 Å². The van der Waals surface area contributed by atoms with E-state index in [0.717, 1.165) is 5.56 Å². The summed E-state index contributed by atoms with van der Waals surface area (Å²) in [5.41, 5.74) is 3.24. The van der Waals surface area contributed by atoms with Crippen LogP contribution in [0.4, 0.5) is 22.1 Å². The van der Waals surface area contributed by atoms with Crippen molar-refractivity contribution in [3.8, 4) is 23.4 Å². The molecular weight excluding hydrogens is 468 g/mol. The number of anilines is 3. The monoisotopic (exact) mass is 496 g/mol. The first-order chi connectivity index (χ1) is 17.5. The zero-order valence-corrected chi connectivity index (χ0v) is 21.5. The highest BCUT2D eigenvalue weighted by atomic mass is 16.6. The molecule has 9 heteroatoms. The number of rotatable bonds is 4. The number of hydrogen-bond donors (Lipinski definition) is 2. The highest BCUT2D eigenvalue weighted by Gasteiger charge is 2.44. The number of nitrogens with zero attached hydrogens (tertiary/aromatic N) is 5. The van der Waals surface area contributed by atoms with Gasteiger partial charge in [0.2, 0.25) is 5.95 Å². The van der Waals surface area contributed by atoms with Crippen molar-refractivity contribution in [2.24, 2.45) is 0 Å². The summed E-state index contributed by atoms with van der Waals surface area (Å²) in [6.07, 6.45) is 1.03. The Morgan fingerprint density at radius 2 is 1.97 bits per heavy atom. The molecule has 0 saturated carbocycles. The second kappa shape index (κ2) is 9.53. The third kappa shape index (κ3) is 5.09. The average molecular weight is 497 g/mol. The van der Waals surface area contributed by atoms with E-state index in [0.29, 0.717) is 39.7 Å². The normalized spacial score (nSPS) is 16.5. The Morgan fingerprint density at radius 1 is 1.22 bits per heavy atom. The van der Waals surface area contributed by atoms with Gasteiger partial charge in [0.15, 0.2) is 0 Å². The van der Waals surface area contributed by atoms with Gasteiger partial charge in [-0.25, -0.2) is 14.8 Å². The SMILES string of the molecule is Cc1ccc(C#N)cc1Nc1nccc(-c2cc(C#N)c3c(c2)[C@](C)(CO)CN3C(=O)OC(C)(C)C)n1. The molecular formula is C28H28N6O3. The molecule has 1 aliphatic rings. The molecule has 0 aliphatic carbocycles. The molecule has 0 bridgehead atoms. The van der Waals surface area contributed by atoms with E-state index in [2.05, 4.69) is 27.4 Å². The Morgan fingerprint density at radius 3 is 2.62 bits per heavy atom. The van der Waals surface area contributed by atoms with Crippen molar-refractivity contribution in [2.75, 3.05) is 23.4 Å². The number of ether oxygens (including phenoxy) is 1. The standard InChI is InChI=1S/C28H28N6O3/c1-17-6-7-18(13-29)10-23(17)33-25-31-9-8-22(32-25)19-11-20(14-30)24-21(12-19)28(5,16-35)15-34(24)26(36)37-27(2,3)4/h6-12,35H,15-16H2,1-5H3,(H,31,32,33)/t28-/m0/s1. The van der Waals surface area contributed by atoms with Crippen molar-refractivity contribution in [1.82, 2.24) is 9.97 Å². The van der Waals surface area contributed by atoms with E-state index in [4.69, 9.17) is 4.74 Å². The molecule has 4 rings (SSSR count). The first-order valence-electron chi connectivity index (χ1n) is 11.8. The van der Waals surface area contributed by atoms with E-state index in [1.807, 2.05) is 26.0 Å². The molecule has 0 spiro atoms. The van der Waals surface area contributed by atoms with Gasteiger partial charge in [-0.15, -0.1) is 0 Å². The minimum absolute atomic E-state index is 0.178. The molecule has 2 N–H and O–H groups in total. The van der Waals surface area contributed by atoms with E-state index in [9.17, 15) is 20.4 Å². The van der Waals surface area contributed by atoms with Crippen LogP contribution in [0.5, 0.6) is 0 Å². The van der Waals surface area contributed by atoms with E-state index >= 15 is 0 Å². The summed E-state index contributed by atoms with van der Waals surface area (Å²) in [6.45, 7) is 9.05. The number of aromatic nitrogens is 2. The molecule has 2 aromatic carbocycles. The van der Waals surface area contributed by atoms with Crippen LogP contribution in [0.2, 0.25) is 0 Å². The highest BCUT2D eigenvalue weighted by Crippen LogP contribution is 2.45. The van der Waals surface area contributed by atoms with Crippen LogP contribution in [0.15, 0.2) is 42.6 Å². The number of amides is 1. The molecule has 0 unspecified atom stereocenters. The molecule has 0 radical (unpaired) electrons. The Balaban J connectivity index is 1.77. The van der Waals surface area contributed by atoms with Gasteiger partial charge < -0.3 is 15.2 Å². The van der Waals surface area contributed by atoms with Crippen LogP contribution in [-0.4, -0.2) is 39.9 Å². The molecule has 9 nitrogen and oxygen atoms in total. The van der Waals surface area contributed by atoms with Gasteiger partial charge in [-0.05, 0) is 69.2 Å². The van der Waals surface area contributed by atoms with E-state index < -0.39 is 17.1 Å². The van der Waals surface area contributed by atoms with Crippen molar-refractivity contribution >= 4 is 23.4 Å². The van der Waals surface area contributed by atoms with E-state index in [-0.39, 0.29) is 18.7 Å². The van der Waals surface area contributed by atoms with Gasteiger partial charge >= 0.3 is 6.09 Å². The van der Waals surface area contributed by atoms with Crippen molar-refractivity contribution in [3.05, 3.63) is 64.8 Å². The Hall–Kier alpha value is -4.47. The van der Waals surface area contributed by atoms with Crippen LogP contribution in [0.25, 0.3) is 11.3 Å². The summed E-state index contributed by atoms with van der Waals surface area (Å²) < 4.78 is 5.58. The first-order valence-corrected chi connectivity index (χ1v) is 11.8.